The average molecular weight is 537 g/mol. The molecule has 0 aliphatic heterocycles. The van der Waals surface area contributed by atoms with Crippen molar-refractivity contribution in [2.24, 2.45) is 28.9 Å². The van der Waals surface area contributed by atoms with E-state index in [4.69, 9.17) is 10.5 Å². The SMILES string of the molecule is CCC(C)C(C(=O)N[C@@H]1CCC[C@]12CC2OC(=O)c1ccc(NC(=O)Nc2ccccc2)cc1O)C(C)CN. The van der Waals surface area contributed by atoms with Crippen LogP contribution in [0.15, 0.2) is 48.5 Å². The van der Waals surface area contributed by atoms with E-state index >= 15 is 0 Å². The number of urea groups is 1. The molecule has 3 amide bonds. The Morgan fingerprint density at radius 3 is 2.46 bits per heavy atom. The number of esters is 1. The van der Waals surface area contributed by atoms with Gasteiger partial charge in [-0.2, -0.15) is 0 Å². The summed E-state index contributed by atoms with van der Waals surface area (Å²) in [7, 11) is 0. The van der Waals surface area contributed by atoms with Gasteiger partial charge in [-0.1, -0.05) is 51.8 Å². The van der Waals surface area contributed by atoms with Gasteiger partial charge in [-0.25, -0.2) is 9.59 Å². The molecule has 2 fully saturated rings. The zero-order valence-electron chi connectivity index (χ0n) is 22.9. The summed E-state index contributed by atoms with van der Waals surface area (Å²) in [4.78, 5) is 38.5. The summed E-state index contributed by atoms with van der Waals surface area (Å²) >= 11 is 0. The van der Waals surface area contributed by atoms with Gasteiger partial charge in [0.2, 0.25) is 5.91 Å². The van der Waals surface area contributed by atoms with Crippen molar-refractivity contribution in [3.63, 3.8) is 0 Å². The third-order valence-corrected chi connectivity index (χ3v) is 8.49. The molecule has 0 radical (unpaired) electrons. The number of phenolic OH excluding ortho intramolecular Hbond substituents is 1. The number of benzene rings is 2. The number of amides is 3. The number of hydrogen-bond acceptors (Lipinski definition) is 6. The zero-order valence-corrected chi connectivity index (χ0v) is 22.9. The minimum absolute atomic E-state index is 0.0262. The summed E-state index contributed by atoms with van der Waals surface area (Å²) in [5.74, 6) is -0.732. The summed E-state index contributed by atoms with van der Waals surface area (Å²) in [5.41, 5.74) is 6.63. The molecule has 39 heavy (non-hydrogen) atoms. The first-order chi connectivity index (χ1) is 18.7. The first-order valence-corrected chi connectivity index (χ1v) is 13.9. The van der Waals surface area contributed by atoms with Crippen LogP contribution < -0.4 is 21.7 Å². The molecule has 1 spiro atoms. The number of aromatic hydroxyl groups is 1. The Morgan fingerprint density at radius 2 is 1.79 bits per heavy atom. The quantitative estimate of drug-likeness (QED) is 0.274. The van der Waals surface area contributed by atoms with Gasteiger partial charge < -0.3 is 31.5 Å². The lowest BCUT2D eigenvalue weighted by Gasteiger charge is -2.30. The number of anilines is 2. The van der Waals surface area contributed by atoms with Crippen molar-refractivity contribution in [2.45, 2.75) is 65.0 Å². The Morgan fingerprint density at radius 1 is 1.08 bits per heavy atom. The molecule has 9 nitrogen and oxygen atoms in total. The van der Waals surface area contributed by atoms with Crippen molar-refractivity contribution in [3.8, 4) is 5.75 Å². The summed E-state index contributed by atoms with van der Waals surface area (Å²) in [6.45, 7) is 6.64. The van der Waals surface area contributed by atoms with Crippen molar-refractivity contribution in [1.29, 1.82) is 0 Å². The zero-order chi connectivity index (χ0) is 28.2. The van der Waals surface area contributed by atoms with Crippen LogP contribution in [0.3, 0.4) is 0 Å². The molecule has 0 aromatic heterocycles. The molecule has 2 aliphatic rings. The number of carbonyl (C=O) groups is 3. The fourth-order valence-corrected chi connectivity index (χ4v) is 5.92. The molecule has 210 valence electrons. The highest BCUT2D eigenvalue weighted by Gasteiger charge is 2.64. The van der Waals surface area contributed by atoms with E-state index < -0.39 is 12.0 Å². The molecule has 4 rings (SSSR count). The highest BCUT2D eigenvalue weighted by Crippen LogP contribution is 2.60. The van der Waals surface area contributed by atoms with E-state index in [0.717, 1.165) is 25.7 Å². The van der Waals surface area contributed by atoms with E-state index in [1.807, 2.05) is 13.0 Å². The molecule has 4 unspecified atom stereocenters. The summed E-state index contributed by atoms with van der Waals surface area (Å²) in [6, 6.07) is 12.7. The monoisotopic (exact) mass is 536 g/mol. The van der Waals surface area contributed by atoms with Crippen LogP contribution in [0.2, 0.25) is 0 Å². The van der Waals surface area contributed by atoms with Crippen LogP contribution in [-0.4, -0.2) is 41.7 Å². The van der Waals surface area contributed by atoms with Crippen LogP contribution in [0.4, 0.5) is 16.2 Å². The van der Waals surface area contributed by atoms with E-state index in [2.05, 4.69) is 29.8 Å². The molecular weight excluding hydrogens is 496 g/mol. The first kappa shape index (κ1) is 28.4. The van der Waals surface area contributed by atoms with E-state index in [1.54, 1.807) is 24.3 Å². The van der Waals surface area contributed by atoms with Crippen molar-refractivity contribution >= 4 is 29.3 Å². The van der Waals surface area contributed by atoms with Gasteiger partial charge in [-0.05, 0) is 61.9 Å². The molecule has 0 saturated heterocycles. The lowest BCUT2D eigenvalue weighted by atomic mass is 9.81. The Bertz CT molecular complexity index is 1180. The maximum absolute atomic E-state index is 13.3. The Kier molecular flexibility index (Phi) is 8.80. The highest BCUT2D eigenvalue weighted by atomic mass is 16.6. The minimum Gasteiger partial charge on any atom is -0.507 e. The molecular formula is C30H40N4O5. The number of phenols is 1. The third kappa shape index (κ3) is 6.36. The van der Waals surface area contributed by atoms with Gasteiger partial charge >= 0.3 is 12.0 Å². The number of hydrogen-bond donors (Lipinski definition) is 5. The largest absolute Gasteiger partial charge is 0.507 e. The smallest absolute Gasteiger partial charge is 0.342 e. The Hall–Kier alpha value is -3.59. The van der Waals surface area contributed by atoms with Gasteiger partial charge in [0.15, 0.2) is 0 Å². The van der Waals surface area contributed by atoms with Crippen molar-refractivity contribution in [2.75, 3.05) is 17.2 Å². The number of para-hydroxylation sites is 1. The normalized spacial score (nSPS) is 23.9. The molecule has 6 N–H and O–H groups in total. The van der Waals surface area contributed by atoms with Gasteiger partial charge in [0.05, 0.1) is 0 Å². The predicted molar refractivity (Wildman–Crippen MR) is 150 cm³/mol. The maximum Gasteiger partial charge on any atom is 0.342 e. The molecule has 2 aromatic carbocycles. The molecule has 6 atom stereocenters. The maximum atomic E-state index is 13.3. The highest BCUT2D eigenvalue weighted by molar-refractivity contribution is 6.00. The van der Waals surface area contributed by atoms with Gasteiger partial charge in [0.1, 0.15) is 17.4 Å². The lowest BCUT2D eigenvalue weighted by Crippen LogP contribution is -2.47. The van der Waals surface area contributed by atoms with Crippen LogP contribution >= 0.6 is 0 Å². The molecule has 0 bridgehead atoms. The standard InChI is InChI=1S/C30H40N4O5/c1-4-18(2)26(19(3)17-31)27(36)34-24-11-8-14-30(24)16-25(30)39-28(37)22-13-12-21(15-23(22)35)33-29(38)32-20-9-6-5-7-10-20/h5-7,9-10,12-13,15,18-19,24-26,35H,4,8,11,14,16-17,31H2,1-3H3,(H,34,36)(H2,32,33,38)/t18?,19?,24-,25?,26?,30+/m1/s1. The van der Waals surface area contributed by atoms with Crippen LogP contribution in [0, 0.1) is 23.2 Å². The Balaban J connectivity index is 1.35. The summed E-state index contributed by atoms with van der Waals surface area (Å²) < 4.78 is 5.81. The molecule has 2 saturated carbocycles. The lowest BCUT2D eigenvalue weighted by molar-refractivity contribution is -0.129. The van der Waals surface area contributed by atoms with Crippen molar-refractivity contribution < 1.29 is 24.2 Å². The fraction of sp³-hybridized carbons (Fsp3) is 0.500. The van der Waals surface area contributed by atoms with Crippen LogP contribution in [-0.2, 0) is 9.53 Å². The van der Waals surface area contributed by atoms with Crippen molar-refractivity contribution in [3.05, 3.63) is 54.1 Å². The van der Waals surface area contributed by atoms with E-state index in [-0.39, 0.29) is 52.5 Å². The van der Waals surface area contributed by atoms with Gasteiger partial charge in [-0.3, -0.25) is 4.79 Å². The molecule has 2 aromatic rings. The van der Waals surface area contributed by atoms with Crippen LogP contribution in [0.25, 0.3) is 0 Å². The number of nitrogens with two attached hydrogens (primary N) is 1. The third-order valence-electron chi connectivity index (χ3n) is 8.49. The Labute approximate surface area is 229 Å². The molecule has 9 heteroatoms. The summed E-state index contributed by atoms with van der Waals surface area (Å²) in [6.07, 6.45) is 3.94. The second kappa shape index (κ2) is 12.1. The fourth-order valence-electron chi connectivity index (χ4n) is 5.92. The van der Waals surface area contributed by atoms with Gasteiger partial charge in [-0.15, -0.1) is 0 Å². The number of nitrogens with one attached hydrogen (secondary N) is 3. The predicted octanol–water partition coefficient (Wildman–Crippen LogP) is 4.88. The van der Waals surface area contributed by atoms with E-state index in [0.29, 0.717) is 24.3 Å². The van der Waals surface area contributed by atoms with Crippen LogP contribution in [0.5, 0.6) is 5.75 Å². The van der Waals surface area contributed by atoms with Gasteiger partial charge in [0.25, 0.3) is 0 Å². The number of rotatable bonds is 10. The minimum atomic E-state index is -0.624. The molecule has 0 heterocycles. The first-order valence-electron chi connectivity index (χ1n) is 13.9. The number of carbonyl (C=O) groups excluding carboxylic acids is 3. The second-order valence-corrected chi connectivity index (χ2v) is 11.1. The average Bonchev–Trinajstić information content (AvgIpc) is 3.45. The van der Waals surface area contributed by atoms with E-state index in [9.17, 15) is 19.5 Å². The molecule has 2 aliphatic carbocycles. The number of ether oxygens (including phenoxy) is 1. The summed E-state index contributed by atoms with van der Waals surface area (Å²) in [5, 5.41) is 19.1. The van der Waals surface area contributed by atoms with Crippen LogP contribution in [0.1, 0.15) is 63.2 Å². The second-order valence-electron chi connectivity index (χ2n) is 11.1. The van der Waals surface area contributed by atoms with E-state index in [1.165, 1.54) is 18.2 Å². The van der Waals surface area contributed by atoms with Gasteiger partial charge in [0, 0.05) is 34.8 Å². The van der Waals surface area contributed by atoms with Crippen molar-refractivity contribution in [1.82, 2.24) is 5.32 Å². The topological polar surface area (TPSA) is 143 Å².